The van der Waals surface area contributed by atoms with Crippen LogP contribution in [-0.4, -0.2) is 70.8 Å². The number of nitrogens with zero attached hydrogens (tertiary/aromatic N) is 1. The second kappa shape index (κ2) is 7.43. The minimum absolute atomic E-state index is 0.0599. The Labute approximate surface area is 119 Å². The average molecular weight is 303 g/mol. The van der Waals surface area contributed by atoms with Crippen LogP contribution in [0.4, 0.5) is 4.79 Å². The highest BCUT2D eigenvalue weighted by atomic mass is 16.5. The highest BCUT2D eigenvalue weighted by Gasteiger charge is 2.33. The first kappa shape index (κ1) is 16.7. The van der Waals surface area contributed by atoms with Gasteiger partial charge in [-0.1, -0.05) is 0 Å². The van der Waals surface area contributed by atoms with E-state index >= 15 is 0 Å². The molecule has 118 valence electrons. The van der Waals surface area contributed by atoms with E-state index in [0.29, 0.717) is 0 Å². The van der Waals surface area contributed by atoms with E-state index in [2.05, 4.69) is 5.32 Å². The Bertz CT molecular complexity index is 440. The van der Waals surface area contributed by atoms with Crippen molar-refractivity contribution < 1.29 is 34.1 Å². The number of hydrogen-bond donors (Lipinski definition) is 4. The minimum Gasteiger partial charge on any atom is -0.481 e. The molecule has 10 heteroatoms. The SMILES string of the molecule is NC(=O)C1COCCN1C(=O)N[C@@H](CCC(=O)O)C(=O)O. The number of urea groups is 1. The fourth-order valence-corrected chi connectivity index (χ4v) is 1.84. The predicted octanol–water partition coefficient (Wildman–Crippen LogP) is -1.80. The van der Waals surface area contributed by atoms with Crippen LogP contribution in [-0.2, 0) is 19.1 Å². The van der Waals surface area contributed by atoms with E-state index in [-0.39, 0.29) is 26.2 Å². The molecule has 0 spiro atoms. The molecule has 3 amide bonds. The zero-order chi connectivity index (χ0) is 16.0. The van der Waals surface area contributed by atoms with Gasteiger partial charge in [0.2, 0.25) is 5.91 Å². The summed E-state index contributed by atoms with van der Waals surface area (Å²) in [6.45, 7) is 0.227. The molecule has 1 fully saturated rings. The predicted molar refractivity (Wildman–Crippen MR) is 67.3 cm³/mol. The van der Waals surface area contributed by atoms with Gasteiger partial charge >= 0.3 is 18.0 Å². The molecular formula is C11H17N3O7. The number of carbonyl (C=O) groups is 4. The summed E-state index contributed by atoms with van der Waals surface area (Å²) in [7, 11) is 0. The third-order valence-electron chi connectivity index (χ3n) is 2.96. The second-order valence-corrected chi connectivity index (χ2v) is 4.46. The Morgan fingerprint density at radius 2 is 2.00 bits per heavy atom. The maximum Gasteiger partial charge on any atom is 0.326 e. The maximum absolute atomic E-state index is 12.0. The standard InChI is InChI=1S/C11H17N3O7/c12-9(17)7-5-21-4-3-14(7)11(20)13-6(10(18)19)1-2-8(15)16/h6-7H,1-5H2,(H2,12,17)(H,13,20)(H,15,16)(H,18,19)/t6-,7?/m0/s1. The van der Waals surface area contributed by atoms with E-state index in [0.717, 1.165) is 4.90 Å². The van der Waals surface area contributed by atoms with Crippen LogP contribution in [0.25, 0.3) is 0 Å². The summed E-state index contributed by atoms with van der Waals surface area (Å²) in [5.74, 6) is -3.28. The fraction of sp³-hybridized carbons (Fsp3) is 0.636. The Kier molecular flexibility index (Phi) is 5.91. The van der Waals surface area contributed by atoms with Gasteiger partial charge in [-0.2, -0.15) is 0 Å². The lowest BCUT2D eigenvalue weighted by Gasteiger charge is -2.34. The molecule has 0 bridgehead atoms. The van der Waals surface area contributed by atoms with Crippen molar-refractivity contribution in [1.29, 1.82) is 0 Å². The van der Waals surface area contributed by atoms with Crippen LogP contribution in [0, 0.1) is 0 Å². The lowest BCUT2D eigenvalue weighted by Crippen LogP contribution is -2.59. The smallest absolute Gasteiger partial charge is 0.326 e. The first-order valence-electron chi connectivity index (χ1n) is 6.21. The summed E-state index contributed by atoms with van der Waals surface area (Å²) in [5.41, 5.74) is 5.15. The molecule has 1 rings (SSSR count). The molecule has 1 aliphatic rings. The quantitative estimate of drug-likeness (QED) is 0.450. The number of carbonyl (C=O) groups excluding carboxylic acids is 2. The zero-order valence-electron chi connectivity index (χ0n) is 11.2. The number of nitrogens with two attached hydrogens (primary N) is 1. The first-order valence-corrected chi connectivity index (χ1v) is 6.21. The third-order valence-corrected chi connectivity index (χ3v) is 2.96. The van der Waals surface area contributed by atoms with Crippen molar-refractivity contribution in [2.45, 2.75) is 24.9 Å². The van der Waals surface area contributed by atoms with Crippen LogP contribution in [0.1, 0.15) is 12.8 Å². The molecule has 1 heterocycles. The molecule has 0 aromatic heterocycles. The van der Waals surface area contributed by atoms with Crippen molar-refractivity contribution in [2.24, 2.45) is 5.73 Å². The number of ether oxygens (including phenoxy) is 1. The Hall–Kier alpha value is -2.36. The van der Waals surface area contributed by atoms with E-state index in [9.17, 15) is 19.2 Å². The van der Waals surface area contributed by atoms with Crippen LogP contribution in [0.2, 0.25) is 0 Å². The molecule has 2 atom stereocenters. The molecule has 1 unspecified atom stereocenters. The molecular weight excluding hydrogens is 286 g/mol. The van der Waals surface area contributed by atoms with Crippen LogP contribution >= 0.6 is 0 Å². The number of hydrogen-bond acceptors (Lipinski definition) is 5. The lowest BCUT2D eigenvalue weighted by molar-refractivity contribution is -0.140. The third kappa shape index (κ3) is 4.91. The summed E-state index contributed by atoms with van der Waals surface area (Å²) in [4.78, 5) is 45.8. The zero-order valence-corrected chi connectivity index (χ0v) is 11.2. The molecule has 0 aromatic carbocycles. The van der Waals surface area contributed by atoms with Crippen molar-refractivity contribution >= 4 is 23.9 Å². The molecule has 1 saturated heterocycles. The summed E-state index contributed by atoms with van der Waals surface area (Å²) in [6.07, 6.45) is -0.665. The van der Waals surface area contributed by atoms with Gasteiger partial charge in [0.05, 0.1) is 13.2 Å². The number of aliphatic carboxylic acids is 2. The molecule has 0 radical (unpaired) electrons. The largest absolute Gasteiger partial charge is 0.481 e. The normalized spacial score (nSPS) is 19.6. The van der Waals surface area contributed by atoms with Crippen molar-refractivity contribution in [3.8, 4) is 0 Å². The first-order chi connectivity index (χ1) is 9.82. The Morgan fingerprint density at radius 1 is 1.33 bits per heavy atom. The topological polar surface area (TPSA) is 159 Å². The van der Waals surface area contributed by atoms with E-state index < -0.39 is 42.4 Å². The molecule has 0 saturated carbocycles. The fourth-order valence-electron chi connectivity index (χ4n) is 1.84. The summed E-state index contributed by atoms with van der Waals surface area (Å²) >= 11 is 0. The number of morpholine rings is 1. The van der Waals surface area contributed by atoms with E-state index in [1.807, 2.05) is 0 Å². The van der Waals surface area contributed by atoms with Gasteiger partial charge in [-0.05, 0) is 6.42 Å². The van der Waals surface area contributed by atoms with Gasteiger partial charge in [-0.3, -0.25) is 9.59 Å². The summed E-state index contributed by atoms with van der Waals surface area (Å²) in [6, 6.07) is -3.13. The van der Waals surface area contributed by atoms with E-state index in [4.69, 9.17) is 20.7 Å². The number of rotatable bonds is 6. The number of carboxylic acid groups (broad SMARTS) is 2. The number of carboxylic acids is 2. The molecule has 10 nitrogen and oxygen atoms in total. The van der Waals surface area contributed by atoms with E-state index in [1.165, 1.54) is 0 Å². The Morgan fingerprint density at radius 3 is 2.52 bits per heavy atom. The summed E-state index contributed by atoms with van der Waals surface area (Å²) < 4.78 is 5.04. The van der Waals surface area contributed by atoms with Crippen molar-refractivity contribution in [2.75, 3.05) is 19.8 Å². The second-order valence-electron chi connectivity index (χ2n) is 4.46. The van der Waals surface area contributed by atoms with Gasteiger partial charge < -0.3 is 30.9 Å². The number of nitrogens with one attached hydrogen (secondary N) is 1. The lowest BCUT2D eigenvalue weighted by atomic mass is 10.1. The van der Waals surface area contributed by atoms with Crippen molar-refractivity contribution in [3.63, 3.8) is 0 Å². The summed E-state index contributed by atoms with van der Waals surface area (Å²) in [5, 5.41) is 19.7. The Balaban J connectivity index is 2.68. The monoisotopic (exact) mass is 303 g/mol. The van der Waals surface area contributed by atoms with Gasteiger partial charge in [0.25, 0.3) is 0 Å². The molecule has 1 aliphatic heterocycles. The van der Waals surface area contributed by atoms with Crippen molar-refractivity contribution in [3.05, 3.63) is 0 Å². The molecule has 0 aromatic rings. The maximum atomic E-state index is 12.0. The van der Waals surface area contributed by atoms with Crippen LogP contribution in [0.3, 0.4) is 0 Å². The van der Waals surface area contributed by atoms with Gasteiger partial charge in [0.1, 0.15) is 12.1 Å². The van der Waals surface area contributed by atoms with Crippen LogP contribution in [0.15, 0.2) is 0 Å². The number of amides is 3. The highest BCUT2D eigenvalue weighted by molar-refractivity contribution is 5.88. The van der Waals surface area contributed by atoms with Crippen molar-refractivity contribution in [1.82, 2.24) is 10.2 Å². The number of primary amides is 1. The minimum atomic E-state index is -1.36. The van der Waals surface area contributed by atoms with Crippen LogP contribution < -0.4 is 11.1 Å². The van der Waals surface area contributed by atoms with Crippen LogP contribution in [0.5, 0.6) is 0 Å². The average Bonchev–Trinajstić information content (AvgIpc) is 2.42. The van der Waals surface area contributed by atoms with Gasteiger partial charge in [-0.15, -0.1) is 0 Å². The van der Waals surface area contributed by atoms with Gasteiger partial charge in [0, 0.05) is 13.0 Å². The molecule has 0 aliphatic carbocycles. The highest BCUT2D eigenvalue weighted by Crippen LogP contribution is 2.08. The molecule has 5 N–H and O–H groups in total. The van der Waals surface area contributed by atoms with E-state index in [1.54, 1.807) is 0 Å². The van der Waals surface area contributed by atoms with Gasteiger partial charge in [-0.25, -0.2) is 9.59 Å². The van der Waals surface area contributed by atoms with Gasteiger partial charge in [0.15, 0.2) is 0 Å². The molecule has 21 heavy (non-hydrogen) atoms.